The minimum atomic E-state index is -0.356. The summed E-state index contributed by atoms with van der Waals surface area (Å²) in [6.07, 6.45) is 3.82. The van der Waals surface area contributed by atoms with Crippen LogP contribution >= 0.6 is 0 Å². The van der Waals surface area contributed by atoms with E-state index in [1.807, 2.05) is 6.92 Å². The second-order valence-corrected chi connectivity index (χ2v) is 5.35. The zero-order valence-electron chi connectivity index (χ0n) is 13.8. The van der Waals surface area contributed by atoms with Gasteiger partial charge in [0.1, 0.15) is 0 Å². The van der Waals surface area contributed by atoms with E-state index in [1.165, 1.54) is 0 Å². The Morgan fingerprint density at radius 3 is 1.86 bits per heavy atom. The highest BCUT2D eigenvalue weighted by Gasteiger charge is 2.12. The predicted octanol–water partition coefficient (Wildman–Crippen LogP) is 4.24. The van der Waals surface area contributed by atoms with Gasteiger partial charge in [-0.25, -0.2) is 9.59 Å². The first-order valence-corrected chi connectivity index (χ1v) is 8.06. The summed E-state index contributed by atoms with van der Waals surface area (Å²) in [5, 5.41) is 0. The van der Waals surface area contributed by atoms with Crippen LogP contribution in [-0.4, -0.2) is 25.2 Å². The maximum Gasteiger partial charge on any atom is 0.338 e. The van der Waals surface area contributed by atoms with E-state index in [2.05, 4.69) is 13.8 Å². The first-order valence-electron chi connectivity index (χ1n) is 8.06. The van der Waals surface area contributed by atoms with Crippen molar-refractivity contribution in [3.05, 3.63) is 35.4 Å². The lowest BCUT2D eigenvalue weighted by Gasteiger charge is -2.12. The molecule has 0 radical (unpaired) electrons. The van der Waals surface area contributed by atoms with Crippen molar-refractivity contribution in [3.63, 3.8) is 0 Å². The lowest BCUT2D eigenvalue weighted by molar-refractivity contribution is 0.0430. The lowest BCUT2D eigenvalue weighted by atomic mass is 10.1. The maximum absolute atomic E-state index is 11.9. The normalized spacial score (nSPS) is 10.5. The van der Waals surface area contributed by atoms with Crippen molar-refractivity contribution in [2.24, 2.45) is 5.92 Å². The van der Waals surface area contributed by atoms with Gasteiger partial charge in [-0.1, -0.05) is 40.0 Å². The Kier molecular flexibility index (Phi) is 8.26. The van der Waals surface area contributed by atoms with Gasteiger partial charge in [0.05, 0.1) is 24.3 Å². The molecule has 4 nitrogen and oxygen atoms in total. The van der Waals surface area contributed by atoms with Crippen LogP contribution in [0.4, 0.5) is 0 Å². The SMILES string of the molecule is CCCCOC(=O)c1ccc(C(=O)OCC(CC)CC)cc1. The van der Waals surface area contributed by atoms with E-state index in [0.717, 1.165) is 25.7 Å². The van der Waals surface area contributed by atoms with Gasteiger partial charge in [-0.2, -0.15) is 0 Å². The third kappa shape index (κ3) is 5.88. The van der Waals surface area contributed by atoms with E-state index < -0.39 is 0 Å². The molecule has 0 atom stereocenters. The summed E-state index contributed by atoms with van der Waals surface area (Å²) in [5.74, 6) is -0.306. The summed E-state index contributed by atoms with van der Waals surface area (Å²) < 4.78 is 10.4. The molecule has 4 heteroatoms. The van der Waals surface area contributed by atoms with Crippen molar-refractivity contribution in [1.29, 1.82) is 0 Å². The van der Waals surface area contributed by atoms with E-state index in [4.69, 9.17) is 9.47 Å². The Bertz CT molecular complexity index is 460. The van der Waals surface area contributed by atoms with Crippen LogP contribution in [0.2, 0.25) is 0 Å². The van der Waals surface area contributed by atoms with E-state index in [1.54, 1.807) is 24.3 Å². The molecule has 0 aliphatic heterocycles. The average molecular weight is 306 g/mol. The van der Waals surface area contributed by atoms with Gasteiger partial charge in [0, 0.05) is 0 Å². The highest BCUT2D eigenvalue weighted by Crippen LogP contribution is 2.11. The van der Waals surface area contributed by atoms with Gasteiger partial charge in [0.25, 0.3) is 0 Å². The molecule has 1 aromatic carbocycles. The summed E-state index contributed by atoms with van der Waals surface area (Å²) >= 11 is 0. The molecule has 0 fully saturated rings. The summed E-state index contributed by atoms with van der Waals surface area (Å²) in [6, 6.07) is 6.40. The summed E-state index contributed by atoms with van der Waals surface area (Å²) in [5.41, 5.74) is 0.906. The zero-order chi connectivity index (χ0) is 16.4. The van der Waals surface area contributed by atoms with Crippen molar-refractivity contribution >= 4 is 11.9 Å². The molecule has 0 aliphatic rings. The van der Waals surface area contributed by atoms with Gasteiger partial charge >= 0.3 is 11.9 Å². The number of unbranched alkanes of at least 4 members (excludes halogenated alkanes) is 1. The first-order chi connectivity index (χ1) is 10.6. The predicted molar refractivity (Wildman–Crippen MR) is 86.0 cm³/mol. The number of benzene rings is 1. The van der Waals surface area contributed by atoms with Crippen molar-refractivity contribution in [2.45, 2.75) is 46.5 Å². The highest BCUT2D eigenvalue weighted by atomic mass is 16.5. The Morgan fingerprint density at radius 2 is 1.41 bits per heavy atom. The fraction of sp³-hybridized carbons (Fsp3) is 0.556. The largest absolute Gasteiger partial charge is 0.462 e. The number of hydrogen-bond acceptors (Lipinski definition) is 4. The monoisotopic (exact) mass is 306 g/mol. The Morgan fingerprint density at radius 1 is 0.909 bits per heavy atom. The molecule has 0 amide bonds. The second-order valence-electron chi connectivity index (χ2n) is 5.35. The van der Waals surface area contributed by atoms with Crippen LogP contribution in [0, 0.1) is 5.92 Å². The van der Waals surface area contributed by atoms with Gasteiger partial charge in [-0.3, -0.25) is 0 Å². The maximum atomic E-state index is 11.9. The van der Waals surface area contributed by atoms with Gasteiger partial charge in [-0.15, -0.1) is 0 Å². The fourth-order valence-electron chi connectivity index (χ4n) is 1.94. The smallest absolute Gasteiger partial charge is 0.338 e. The molecule has 122 valence electrons. The molecule has 0 bridgehead atoms. The first kappa shape index (κ1) is 18.2. The van der Waals surface area contributed by atoms with Crippen molar-refractivity contribution in [3.8, 4) is 0 Å². The number of carbonyl (C=O) groups is 2. The van der Waals surface area contributed by atoms with Crippen LogP contribution in [0.3, 0.4) is 0 Å². The van der Waals surface area contributed by atoms with Gasteiger partial charge < -0.3 is 9.47 Å². The zero-order valence-corrected chi connectivity index (χ0v) is 13.8. The minimum Gasteiger partial charge on any atom is -0.462 e. The topological polar surface area (TPSA) is 52.6 Å². The molecule has 0 saturated heterocycles. The summed E-state index contributed by atoms with van der Waals surface area (Å²) in [4.78, 5) is 23.7. The molecule has 22 heavy (non-hydrogen) atoms. The average Bonchev–Trinajstić information content (AvgIpc) is 2.56. The third-order valence-corrected chi connectivity index (χ3v) is 3.69. The van der Waals surface area contributed by atoms with E-state index in [9.17, 15) is 9.59 Å². The molecule has 1 rings (SSSR count). The second kappa shape index (κ2) is 9.98. The Labute approximate surface area is 132 Å². The quantitative estimate of drug-likeness (QED) is 0.506. The minimum absolute atomic E-state index is 0.349. The molecule has 1 aromatic rings. The van der Waals surface area contributed by atoms with E-state index in [-0.39, 0.29) is 11.9 Å². The molecule has 0 N–H and O–H groups in total. The van der Waals surface area contributed by atoms with Crippen LogP contribution in [0.15, 0.2) is 24.3 Å². The molecular weight excluding hydrogens is 280 g/mol. The van der Waals surface area contributed by atoms with E-state index >= 15 is 0 Å². The standard InChI is InChI=1S/C18H26O4/c1-4-7-12-21-17(19)15-8-10-16(11-9-15)18(20)22-13-14(5-2)6-3/h8-11,14H,4-7,12-13H2,1-3H3. The lowest BCUT2D eigenvalue weighted by Crippen LogP contribution is -2.13. The summed E-state index contributed by atoms with van der Waals surface area (Å²) in [6.45, 7) is 7.07. The van der Waals surface area contributed by atoms with Gasteiger partial charge in [-0.05, 0) is 36.6 Å². The number of hydrogen-bond donors (Lipinski definition) is 0. The molecular formula is C18H26O4. The van der Waals surface area contributed by atoms with Crippen molar-refractivity contribution < 1.29 is 19.1 Å². The highest BCUT2D eigenvalue weighted by molar-refractivity contribution is 5.93. The number of esters is 2. The van der Waals surface area contributed by atoms with Gasteiger partial charge in [0.15, 0.2) is 0 Å². The van der Waals surface area contributed by atoms with E-state index in [0.29, 0.717) is 30.3 Å². The molecule has 0 aliphatic carbocycles. The van der Waals surface area contributed by atoms with Gasteiger partial charge in [0.2, 0.25) is 0 Å². The number of carbonyl (C=O) groups excluding carboxylic acids is 2. The Balaban J connectivity index is 2.53. The number of ether oxygens (including phenoxy) is 2. The van der Waals surface area contributed by atoms with Crippen molar-refractivity contribution in [2.75, 3.05) is 13.2 Å². The third-order valence-electron chi connectivity index (χ3n) is 3.69. The molecule has 0 saturated carbocycles. The van der Waals surface area contributed by atoms with Crippen LogP contribution in [0.5, 0.6) is 0 Å². The molecule has 0 heterocycles. The fourth-order valence-corrected chi connectivity index (χ4v) is 1.94. The van der Waals surface area contributed by atoms with Crippen LogP contribution in [-0.2, 0) is 9.47 Å². The van der Waals surface area contributed by atoms with Crippen LogP contribution in [0.25, 0.3) is 0 Å². The van der Waals surface area contributed by atoms with Crippen molar-refractivity contribution in [1.82, 2.24) is 0 Å². The number of rotatable bonds is 9. The van der Waals surface area contributed by atoms with Crippen LogP contribution in [0.1, 0.15) is 67.2 Å². The molecule has 0 aromatic heterocycles. The molecule has 0 spiro atoms. The Hall–Kier alpha value is -1.84. The summed E-state index contributed by atoms with van der Waals surface area (Å²) in [7, 11) is 0. The van der Waals surface area contributed by atoms with Crippen LogP contribution < -0.4 is 0 Å². The molecule has 0 unspecified atom stereocenters.